The molecular weight excluding hydrogens is 577 g/mol. The smallest absolute Gasteiger partial charge is 0.276 e. The molecule has 11 nitrogen and oxygen atoms in total. The van der Waals surface area contributed by atoms with Crippen LogP contribution in [0, 0.1) is 17.7 Å². The first-order chi connectivity index (χ1) is 20.8. The highest BCUT2D eigenvalue weighted by Gasteiger charge is 2.53. The molecular formula is C27H22ClF3N8O3. The molecule has 2 fully saturated rings. The topological polar surface area (TPSA) is 139 Å². The lowest BCUT2D eigenvalue weighted by Gasteiger charge is -2.17. The van der Waals surface area contributed by atoms with Crippen molar-refractivity contribution in [1.82, 2.24) is 29.7 Å². The summed E-state index contributed by atoms with van der Waals surface area (Å²) in [6, 6.07) is 1.43. The Morgan fingerprint density at radius 3 is 2.67 bits per heavy atom. The normalized spacial score (nSPS) is 19.4. The molecule has 3 atom stereocenters. The van der Waals surface area contributed by atoms with Gasteiger partial charge in [-0.05, 0) is 25.3 Å². The number of carbonyl (C=O) groups is 2. The number of fused-ring (bicyclic) bond motifs is 1. The Morgan fingerprint density at radius 2 is 2.00 bits per heavy atom. The van der Waals surface area contributed by atoms with E-state index in [0.717, 1.165) is 24.8 Å². The largest absolute Gasteiger partial charge is 0.390 e. The van der Waals surface area contributed by atoms with Gasteiger partial charge in [0.25, 0.3) is 12.3 Å². The van der Waals surface area contributed by atoms with Crippen LogP contribution >= 0.6 is 11.6 Å². The zero-order chi connectivity index (χ0) is 31.5. The molecule has 216 valence electrons. The van der Waals surface area contributed by atoms with Gasteiger partial charge in [-0.2, -0.15) is 5.10 Å². The van der Waals surface area contributed by atoms with Crippen molar-refractivity contribution < 1.29 is 30.6 Å². The number of hydrogen-bond acceptors (Lipinski definition) is 8. The number of carbonyl (C=O) groups excluding carboxylic acids is 2. The Labute approximate surface area is 244 Å². The Kier molecular flexibility index (Phi) is 6.48. The Bertz CT molecular complexity index is 1790. The summed E-state index contributed by atoms with van der Waals surface area (Å²) in [5.74, 6) is -1.52. The zero-order valence-corrected chi connectivity index (χ0v) is 22.4. The molecule has 0 bridgehead atoms. The average molecular weight is 601 g/mol. The first-order valence-electron chi connectivity index (χ1n) is 13.7. The number of halogens is 4. The van der Waals surface area contributed by atoms with E-state index in [0.29, 0.717) is 24.0 Å². The van der Waals surface area contributed by atoms with E-state index >= 15 is 0 Å². The molecule has 4 heterocycles. The summed E-state index contributed by atoms with van der Waals surface area (Å²) in [4.78, 5) is 43.4. The third-order valence-corrected chi connectivity index (χ3v) is 7.56. The third kappa shape index (κ3) is 4.96. The van der Waals surface area contributed by atoms with E-state index in [4.69, 9.17) is 14.3 Å². The van der Waals surface area contributed by atoms with Crippen molar-refractivity contribution >= 4 is 35.1 Å². The van der Waals surface area contributed by atoms with Crippen LogP contribution in [0.4, 0.5) is 24.8 Å². The average Bonchev–Trinajstić information content (AvgIpc) is 3.49. The molecule has 2 amide bonds. The second kappa shape index (κ2) is 10.8. The van der Waals surface area contributed by atoms with Gasteiger partial charge in [0, 0.05) is 47.7 Å². The highest BCUT2D eigenvalue weighted by molar-refractivity contribution is 6.31. The summed E-state index contributed by atoms with van der Waals surface area (Å²) in [7, 11) is 0. The maximum atomic E-state index is 14.9. The van der Waals surface area contributed by atoms with Crippen molar-refractivity contribution in [3.8, 4) is 11.3 Å². The number of aliphatic hydroxyl groups is 1. The minimum absolute atomic E-state index is 0.0306. The highest BCUT2D eigenvalue weighted by atomic mass is 35.5. The maximum Gasteiger partial charge on any atom is 0.276 e. The number of hydrogen-bond donors (Lipinski definition) is 2. The molecule has 15 heteroatoms. The summed E-state index contributed by atoms with van der Waals surface area (Å²) in [6.07, 6.45) is 4.42. The van der Waals surface area contributed by atoms with Crippen molar-refractivity contribution in [1.29, 1.82) is 0 Å². The van der Waals surface area contributed by atoms with Gasteiger partial charge in [-0.25, -0.2) is 28.1 Å². The van der Waals surface area contributed by atoms with Crippen LogP contribution in [0.2, 0.25) is 5.02 Å². The van der Waals surface area contributed by atoms with Crippen LogP contribution in [0.15, 0.2) is 43.1 Å². The van der Waals surface area contributed by atoms with Gasteiger partial charge in [-0.1, -0.05) is 17.7 Å². The minimum Gasteiger partial charge on any atom is -0.390 e. The van der Waals surface area contributed by atoms with Gasteiger partial charge in [0.15, 0.2) is 11.5 Å². The van der Waals surface area contributed by atoms with Gasteiger partial charge < -0.3 is 10.4 Å². The maximum absolute atomic E-state index is 14.9. The van der Waals surface area contributed by atoms with E-state index in [1.165, 1.54) is 17.1 Å². The van der Waals surface area contributed by atoms with E-state index in [2.05, 4.69) is 30.4 Å². The molecule has 0 radical (unpaired) electrons. The lowest BCUT2D eigenvalue weighted by atomic mass is 10.0. The van der Waals surface area contributed by atoms with Gasteiger partial charge in [0.1, 0.15) is 0 Å². The molecule has 42 heavy (non-hydrogen) atoms. The molecule has 0 spiro atoms. The first kappa shape index (κ1) is 25.3. The van der Waals surface area contributed by atoms with E-state index in [1.54, 1.807) is 24.2 Å². The standard InChI is InChI=1S/C27H22ClF3N8O3/c1-12(14-5-33-27(34-6-14)38-9-13-4-17(13)26(38)42)39-10-15(7-35-39)36-25(41)23-20(11-40)32-8-19(37-23)21-16(24(30)31)2-3-18(28)22(21)29/h2-3,5-8,10,12-13,17,24,40H,4,9,11H2,1H3,(H,36,41)/t12-,13+,17+/m0/s1/i11D2. The fourth-order valence-corrected chi connectivity index (χ4v) is 5.02. The van der Waals surface area contributed by atoms with Crippen LogP contribution < -0.4 is 10.2 Å². The third-order valence-electron chi connectivity index (χ3n) is 7.27. The van der Waals surface area contributed by atoms with Crippen LogP contribution in [-0.2, 0) is 11.4 Å². The Morgan fingerprint density at radius 1 is 1.24 bits per heavy atom. The van der Waals surface area contributed by atoms with Crippen molar-refractivity contribution in [2.45, 2.75) is 32.4 Å². The molecule has 6 rings (SSSR count). The molecule has 4 aromatic rings. The van der Waals surface area contributed by atoms with Crippen molar-refractivity contribution in [2.24, 2.45) is 11.8 Å². The number of amides is 2. The van der Waals surface area contributed by atoms with Crippen molar-refractivity contribution in [3.63, 3.8) is 0 Å². The minimum atomic E-state index is -3.17. The molecule has 2 N–H and O–H groups in total. The molecule has 1 saturated carbocycles. The lowest BCUT2D eigenvalue weighted by Crippen LogP contribution is -2.29. The first-order valence-corrected chi connectivity index (χ1v) is 13.1. The molecule has 1 saturated heterocycles. The van der Waals surface area contributed by atoms with Gasteiger partial charge in [0.05, 0.1) is 49.8 Å². The SMILES string of the molecule is [2H]C([2H])(O)c1ncc(-c2c(C(F)F)ccc(Cl)c2F)nc1C(=O)Nc1cnn([C@@H](C)c2cnc(N3C[C@H]4C[C@H]4C3=O)nc2)c1. The number of rotatable bonds is 8. The fraction of sp³-hybridized carbons (Fsp3) is 0.296. The zero-order valence-electron chi connectivity index (χ0n) is 23.7. The Hall–Kier alpha value is -4.43. The summed E-state index contributed by atoms with van der Waals surface area (Å²) < 4.78 is 59.1. The van der Waals surface area contributed by atoms with Crippen LogP contribution in [0.3, 0.4) is 0 Å². The predicted octanol–water partition coefficient (Wildman–Crippen LogP) is 4.20. The van der Waals surface area contributed by atoms with E-state index in [9.17, 15) is 27.9 Å². The lowest BCUT2D eigenvalue weighted by molar-refractivity contribution is -0.118. The van der Waals surface area contributed by atoms with Gasteiger partial charge in [0.2, 0.25) is 11.9 Å². The number of alkyl halides is 2. The summed E-state index contributed by atoms with van der Waals surface area (Å²) in [5, 5.41) is 16.2. The number of piperidine rings is 1. The summed E-state index contributed by atoms with van der Waals surface area (Å²) in [6.45, 7) is -0.767. The fourth-order valence-electron chi connectivity index (χ4n) is 4.86. The number of aromatic nitrogens is 6. The molecule has 3 aromatic heterocycles. The number of nitrogens with zero attached hydrogens (tertiary/aromatic N) is 7. The molecule has 2 aliphatic rings. The number of benzene rings is 1. The van der Waals surface area contributed by atoms with Gasteiger partial charge in [-0.3, -0.25) is 24.2 Å². The highest BCUT2D eigenvalue weighted by Crippen LogP contribution is 2.46. The van der Waals surface area contributed by atoms with Crippen LogP contribution in [-0.4, -0.2) is 53.2 Å². The molecule has 1 aliphatic carbocycles. The second-order valence-electron chi connectivity index (χ2n) is 9.90. The van der Waals surface area contributed by atoms with E-state index in [-0.39, 0.29) is 17.5 Å². The summed E-state index contributed by atoms with van der Waals surface area (Å²) >= 11 is 5.80. The van der Waals surface area contributed by atoms with Crippen molar-refractivity contribution in [2.75, 3.05) is 16.8 Å². The van der Waals surface area contributed by atoms with Gasteiger partial charge >= 0.3 is 0 Å². The van der Waals surface area contributed by atoms with Crippen LogP contribution in [0.5, 0.6) is 0 Å². The summed E-state index contributed by atoms with van der Waals surface area (Å²) in [5.41, 5.74) is -2.86. The molecule has 1 aromatic carbocycles. The second-order valence-corrected chi connectivity index (χ2v) is 10.3. The number of nitrogens with one attached hydrogen (secondary N) is 1. The molecule has 0 unspecified atom stereocenters. The van der Waals surface area contributed by atoms with E-state index in [1.807, 2.05) is 0 Å². The Balaban J connectivity index is 1.24. The van der Waals surface area contributed by atoms with Crippen LogP contribution in [0.25, 0.3) is 11.3 Å². The quantitative estimate of drug-likeness (QED) is 0.307. The number of anilines is 2. The van der Waals surface area contributed by atoms with E-state index < -0.39 is 64.0 Å². The molecule has 1 aliphatic heterocycles. The van der Waals surface area contributed by atoms with Crippen molar-refractivity contribution in [3.05, 3.63) is 76.5 Å². The monoisotopic (exact) mass is 600 g/mol. The van der Waals surface area contributed by atoms with Crippen LogP contribution in [0.1, 0.15) is 55.9 Å². The van der Waals surface area contributed by atoms with Gasteiger partial charge in [-0.15, -0.1) is 0 Å². The predicted molar refractivity (Wildman–Crippen MR) is 143 cm³/mol.